The van der Waals surface area contributed by atoms with Gasteiger partial charge in [0, 0.05) is 16.7 Å². The molecule has 0 saturated heterocycles. The normalized spacial score (nSPS) is 10.4. The first-order valence-corrected chi connectivity index (χ1v) is 9.30. The zero-order chi connectivity index (χ0) is 14.4. The van der Waals surface area contributed by atoms with E-state index in [1.807, 2.05) is 30.1 Å². The highest BCUT2D eigenvalue weighted by molar-refractivity contribution is 8.15. The van der Waals surface area contributed by atoms with E-state index in [0.29, 0.717) is 5.56 Å². The third-order valence-electron chi connectivity index (χ3n) is 2.57. The van der Waals surface area contributed by atoms with Crippen molar-refractivity contribution in [2.75, 3.05) is 10.8 Å². The summed E-state index contributed by atoms with van der Waals surface area (Å²) >= 11 is 5.09. The molecule has 3 nitrogen and oxygen atoms in total. The minimum absolute atomic E-state index is 0.687. The van der Waals surface area contributed by atoms with Gasteiger partial charge in [-0.2, -0.15) is 17.0 Å². The molecule has 0 aliphatic rings. The van der Waals surface area contributed by atoms with Gasteiger partial charge in [-0.25, -0.2) is 9.97 Å². The Morgan fingerprint density at radius 1 is 1.45 bits per heavy atom. The van der Waals surface area contributed by atoms with Crippen molar-refractivity contribution in [3.05, 3.63) is 28.8 Å². The molecule has 0 N–H and O–H groups in total. The third-order valence-corrected chi connectivity index (χ3v) is 5.77. The van der Waals surface area contributed by atoms with Crippen LogP contribution in [0.4, 0.5) is 0 Å². The van der Waals surface area contributed by atoms with Crippen molar-refractivity contribution < 1.29 is 0 Å². The molecule has 0 saturated carbocycles. The minimum Gasteiger partial charge on any atom is -0.243 e. The first kappa shape index (κ1) is 15.4. The molecule has 0 aromatic carbocycles. The van der Waals surface area contributed by atoms with E-state index in [1.54, 1.807) is 29.3 Å². The first-order chi connectivity index (χ1) is 9.76. The topological polar surface area (TPSA) is 49.6 Å². The van der Waals surface area contributed by atoms with Crippen LogP contribution in [-0.2, 0) is 0 Å². The lowest BCUT2D eigenvalue weighted by Gasteiger charge is -2.07. The summed E-state index contributed by atoms with van der Waals surface area (Å²) in [7, 11) is 0. The summed E-state index contributed by atoms with van der Waals surface area (Å²) in [6.07, 6.45) is 2.95. The highest BCUT2D eigenvalue weighted by atomic mass is 32.2. The number of hydrogen-bond acceptors (Lipinski definition) is 6. The van der Waals surface area contributed by atoms with Crippen LogP contribution in [0.1, 0.15) is 24.5 Å². The lowest BCUT2D eigenvalue weighted by Crippen LogP contribution is -1.95. The average molecular weight is 321 g/mol. The fourth-order valence-corrected chi connectivity index (χ4v) is 4.30. The lowest BCUT2D eigenvalue weighted by molar-refractivity contribution is 1.09. The van der Waals surface area contributed by atoms with Gasteiger partial charge in [0.15, 0.2) is 0 Å². The Hall–Kier alpha value is -1.03. The number of pyridine rings is 1. The summed E-state index contributed by atoms with van der Waals surface area (Å²) in [5.74, 6) is 1.14. The van der Waals surface area contributed by atoms with Crippen LogP contribution in [0, 0.1) is 18.3 Å². The second-order valence-electron chi connectivity index (χ2n) is 4.12. The smallest absolute Gasteiger partial charge is 0.141 e. The Morgan fingerprint density at radius 3 is 2.95 bits per heavy atom. The highest BCUT2D eigenvalue weighted by Crippen LogP contribution is 2.30. The van der Waals surface area contributed by atoms with Gasteiger partial charge >= 0.3 is 0 Å². The van der Waals surface area contributed by atoms with Crippen LogP contribution in [0.25, 0.3) is 10.7 Å². The largest absolute Gasteiger partial charge is 0.243 e. The molecule has 2 rings (SSSR count). The van der Waals surface area contributed by atoms with Gasteiger partial charge in [0.1, 0.15) is 21.8 Å². The van der Waals surface area contributed by atoms with Crippen LogP contribution in [-0.4, -0.2) is 20.8 Å². The van der Waals surface area contributed by atoms with E-state index in [0.717, 1.165) is 32.1 Å². The molecule has 2 heterocycles. The van der Waals surface area contributed by atoms with Gasteiger partial charge in [-0.3, -0.25) is 0 Å². The van der Waals surface area contributed by atoms with Gasteiger partial charge in [-0.1, -0.05) is 18.7 Å². The fraction of sp³-hybridized carbons (Fsp3) is 0.357. The molecule has 20 heavy (non-hydrogen) atoms. The van der Waals surface area contributed by atoms with Crippen LogP contribution >= 0.6 is 34.9 Å². The molecule has 0 atom stereocenters. The SMILES string of the molecule is CCCSCSc1nc(-c2nccs2)cc(C)c1C#N. The molecule has 0 amide bonds. The monoisotopic (exact) mass is 321 g/mol. The van der Waals surface area contributed by atoms with Gasteiger partial charge in [-0.05, 0) is 30.7 Å². The van der Waals surface area contributed by atoms with Gasteiger partial charge in [0.2, 0.25) is 0 Å². The van der Waals surface area contributed by atoms with Crippen LogP contribution in [0.3, 0.4) is 0 Å². The number of nitrogens with zero attached hydrogens (tertiary/aromatic N) is 3. The van der Waals surface area contributed by atoms with Gasteiger partial charge < -0.3 is 0 Å². The number of thioether (sulfide) groups is 2. The van der Waals surface area contributed by atoms with Crippen LogP contribution in [0.5, 0.6) is 0 Å². The van der Waals surface area contributed by atoms with E-state index in [9.17, 15) is 5.26 Å². The van der Waals surface area contributed by atoms with Crippen molar-refractivity contribution in [1.29, 1.82) is 5.26 Å². The Morgan fingerprint density at radius 2 is 2.30 bits per heavy atom. The molecule has 0 radical (unpaired) electrons. The summed E-state index contributed by atoms with van der Waals surface area (Å²) in [5.41, 5.74) is 2.52. The molecule has 0 bridgehead atoms. The molecule has 0 unspecified atom stereocenters. The van der Waals surface area contributed by atoms with Gasteiger partial charge in [0.05, 0.1) is 5.56 Å². The number of rotatable bonds is 6. The summed E-state index contributed by atoms with van der Waals surface area (Å²) < 4.78 is 0. The minimum atomic E-state index is 0.687. The predicted octanol–water partition coefficient (Wildman–Crippen LogP) is 4.58. The molecule has 0 fully saturated rings. The summed E-state index contributed by atoms with van der Waals surface area (Å²) in [6, 6.07) is 4.21. The summed E-state index contributed by atoms with van der Waals surface area (Å²) in [6.45, 7) is 4.13. The van der Waals surface area contributed by atoms with Crippen molar-refractivity contribution in [3.8, 4) is 16.8 Å². The standard InChI is InChI=1S/C14H15N3S3/c1-3-5-18-9-20-13-11(8-15)10(2)7-12(17-13)14-16-4-6-19-14/h4,6-7H,3,5,9H2,1-2H3. The van der Waals surface area contributed by atoms with E-state index >= 15 is 0 Å². The van der Waals surface area contributed by atoms with E-state index < -0.39 is 0 Å². The average Bonchev–Trinajstić information content (AvgIpc) is 2.97. The Balaban J connectivity index is 2.26. The predicted molar refractivity (Wildman–Crippen MR) is 88.3 cm³/mol. The molecule has 0 spiro atoms. The van der Waals surface area contributed by atoms with E-state index in [1.165, 1.54) is 6.42 Å². The number of thiazole rings is 1. The van der Waals surface area contributed by atoms with Crippen LogP contribution < -0.4 is 0 Å². The third kappa shape index (κ3) is 3.75. The molecule has 2 aromatic rings. The van der Waals surface area contributed by atoms with Crippen LogP contribution in [0.15, 0.2) is 22.7 Å². The van der Waals surface area contributed by atoms with E-state index in [2.05, 4.69) is 23.0 Å². The maximum absolute atomic E-state index is 9.30. The van der Waals surface area contributed by atoms with Gasteiger partial charge in [-0.15, -0.1) is 11.3 Å². The van der Waals surface area contributed by atoms with E-state index in [-0.39, 0.29) is 0 Å². The molecule has 0 aliphatic heterocycles. The zero-order valence-electron chi connectivity index (χ0n) is 11.4. The highest BCUT2D eigenvalue weighted by Gasteiger charge is 2.12. The summed E-state index contributed by atoms with van der Waals surface area (Å²) in [4.78, 5) is 8.91. The Bertz CT molecular complexity index is 603. The second kappa shape index (κ2) is 7.67. The second-order valence-corrected chi connectivity index (χ2v) is 7.45. The Kier molecular flexibility index (Phi) is 5.89. The zero-order valence-corrected chi connectivity index (χ0v) is 13.9. The van der Waals surface area contributed by atoms with Crippen molar-refractivity contribution in [2.24, 2.45) is 0 Å². The maximum atomic E-state index is 9.30. The molecule has 0 aliphatic carbocycles. The lowest BCUT2D eigenvalue weighted by atomic mass is 10.1. The Labute approximate surface area is 131 Å². The van der Waals surface area contributed by atoms with Crippen molar-refractivity contribution >= 4 is 34.9 Å². The molecule has 6 heteroatoms. The quantitative estimate of drug-likeness (QED) is 0.443. The maximum Gasteiger partial charge on any atom is 0.141 e. The van der Waals surface area contributed by atoms with Crippen molar-refractivity contribution in [1.82, 2.24) is 9.97 Å². The number of aromatic nitrogens is 2. The van der Waals surface area contributed by atoms with Crippen LogP contribution in [0.2, 0.25) is 0 Å². The molecule has 104 valence electrons. The number of aryl methyl sites for hydroxylation is 1. The first-order valence-electron chi connectivity index (χ1n) is 6.28. The molecule has 2 aromatic heterocycles. The van der Waals surface area contributed by atoms with Crippen molar-refractivity contribution in [3.63, 3.8) is 0 Å². The van der Waals surface area contributed by atoms with Gasteiger partial charge in [0.25, 0.3) is 0 Å². The van der Waals surface area contributed by atoms with Crippen molar-refractivity contribution in [2.45, 2.75) is 25.3 Å². The van der Waals surface area contributed by atoms with E-state index in [4.69, 9.17) is 0 Å². The fourth-order valence-electron chi connectivity index (χ4n) is 1.64. The molecular formula is C14H15N3S3. The number of hydrogen-bond donors (Lipinski definition) is 0. The molecular weight excluding hydrogens is 306 g/mol. The summed E-state index contributed by atoms with van der Waals surface area (Å²) in [5, 5.41) is 13.9. The number of nitriles is 1.